The van der Waals surface area contributed by atoms with E-state index >= 15 is 0 Å². The molecule has 0 bridgehead atoms. The van der Waals surface area contributed by atoms with Gasteiger partial charge in [0.15, 0.2) is 5.82 Å². The Hall–Kier alpha value is -2.02. The minimum absolute atomic E-state index is 0.0447. The molecule has 0 radical (unpaired) electrons. The number of rotatable bonds is 6. The van der Waals surface area contributed by atoms with Gasteiger partial charge in [0.2, 0.25) is 11.1 Å². The van der Waals surface area contributed by atoms with Gasteiger partial charge in [-0.25, -0.2) is 4.98 Å². The molecule has 1 atom stereocenters. The molecule has 1 aliphatic rings. The lowest BCUT2D eigenvalue weighted by Crippen LogP contribution is -2.32. The van der Waals surface area contributed by atoms with Crippen LogP contribution < -0.4 is 10.1 Å². The summed E-state index contributed by atoms with van der Waals surface area (Å²) < 4.78 is 5.13. The maximum Gasteiger partial charge on any atom is 0.233 e. The number of aromatic nitrogens is 3. The summed E-state index contributed by atoms with van der Waals surface area (Å²) >= 11 is 1.35. The van der Waals surface area contributed by atoms with Gasteiger partial charge in [0.1, 0.15) is 5.75 Å². The molecule has 3 rings (SSSR count). The van der Waals surface area contributed by atoms with Gasteiger partial charge in [-0.05, 0) is 44.0 Å². The molecule has 116 valence electrons. The molecule has 1 aromatic heterocycles. The van der Waals surface area contributed by atoms with Crippen molar-refractivity contribution in [1.29, 1.82) is 0 Å². The number of nitrogens with zero attached hydrogens (tertiary/aromatic N) is 2. The fraction of sp³-hybridized carbons (Fsp3) is 0.400. The van der Waals surface area contributed by atoms with Gasteiger partial charge in [0.05, 0.1) is 12.4 Å². The van der Waals surface area contributed by atoms with Crippen molar-refractivity contribution in [2.24, 2.45) is 0 Å². The second-order valence-corrected chi connectivity index (χ2v) is 6.55. The summed E-state index contributed by atoms with van der Waals surface area (Å²) in [6.45, 7) is 1.87. The highest BCUT2D eigenvalue weighted by atomic mass is 32.2. The van der Waals surface area contributed by atoms with Gasteiger partial charge in [0.25, 0.3) is 0 Å². The number of nitrogens with one attached hydrogen (secondary N) is 2. The van der Waals surface area contributed by atoms with E-state index in [1.807, 2.05) is 31.2 Å². The van der Waals surface area contributed by atoms with Crippen LogP contribution in [0.15, 0.2) is 29.4 Å². The van der Waals surface area contributed by atoms with Gasteiger partial charge < -0.3 is 10.1 Å². The maximum atomic E-state index is 11.9. The van der Waals surface area contributed by atoms with E-state index in [1.165, 1.54) is 11.8 Å². The van der Waals surface area contributed by atoms with E-state index in [1.54, 1.807) is 7.11 Å². The Morgan fingerprint density at radius 2 is 2.14 bits per heavy atom. The number of benzene rings is 1. The molecule has 1 heterocycles. The third-order valence-corrected chi connectivity index (χ3v) is 4.36. The van der Waals surface area contributed by atoms with Crippen LogP contribution in [0.3, 0.4) is 0 Å². The zero-order chi connectivity index (χ0) is 15.5. The Kier molecular flexibility index (Phi) is 4.33. The summed E-state index contributed by atoms with van der Waals surface area (Å²) in [5.74, 6) is 1.52. The lowest BCUT2D eigenvalue weighted by atomic mass is 10.2. The SMILES string of the molecule is COc1ccc(-c2nc(S[C@H](C)C(=O)NC3CC3)n[nH]2)cc1. The van der Waals surface area contributed by atoms with E-state index in [0.29, 0.717) is 17.0 Å². The number of carbonyl (C=O) groups excluding carboxylic acids is 1. The number of amides is 1. The maximum absolute atomic E-state index is 11.9. The van der Waals surface area contributed by atoms with Gasteiger partial charge in [-0.1, -0.05) is 11.8 Å². The minimum atomic E-state index is -0.208. The summed E-state index contributed by atoms with van der Waals surface area (Å²) in [5.41, 5.74) is 0.926. The van der Waals surface area contributed by atoms with Crippen LogP contribution in [0, 0.1) is 0 Å². The highest BCUT2D eigenvalue weighted by Crippen LogP contribution is 2.25. The molecule has 0 aliphatic heterocycles. The van der Waals surface area contributed by atoms with Crippen LogP contribution in [0.25, 0.3) is 11.4 Å². The molecule has 6 nitrogen and oxygen atoms in total. The zero-order valence-electron chi connectivity index (χ0n) is 12.5. The van der Waals surface area contributed by atoms with Crippen molar-refractivity contribution < 1.29 is 9.53 Å². The lowest BCUT2D eigenvalue weighted by Gasteiger charge is -2.08. The Morgan fingerprint density at radius 3 is 2.77 bits per heavy atom. The Balaban J connectivity index is 1.63. The number of thioether (sulfide) groups is 1. The Bertz CT molecular complexity index is 652. The molecule has 1 amide bonds. The van der Waals surface area contributed by atoms with Gasteiger partial charge >= 0.3 is 0 Å². The van der Waals surface area contributed by atoms with E-state index in [4.69, 9.17) is 4.74 Å². The summed E-state index contributed by atoms with van der Waals surface area (Å²) in [6.07, 6.45) is 2.18. The fourth-order valence-electron chi connectivity index (χ4n) is 1.93. The topological polar surface area (TPSA) is 79.9 Å². The number of aromatic amines is 1. The normalized spacial score (nSPS) is 15.4. The zero-order valence-corrected chi connectivity index (χ0v) is 13.3. The molecule has 1 saturated carbocycles. The number of H-pyrrole nitrogens is 1. The van der Waals surface area contributed by atoms with Crippen molar-refractivity contribution in [2.45, 2.75) is 36.2 Å². The summed E-state index contributed by atoms with van der Waals surface area (Å²) in [7, 11) is 1.63. The summed E-state index contributed by atoms with van der Waals surface area (Å²) in [5, 5.41) is 10.4. The van der Waals surface area contributed by atoms with Crippen molar-refractivity contribution in [2.75, 3.05) is 7.11 Å². The number of ether oxygens (including phenoxy) is 1. The Morgan fingerprint density at radius 1 is 1.41 bits per heavy atom. The average molecular weight is 318 g/mol. The largest absolute Gasteiger partial charge is 0.497 e. The predicted octanol–water partition coefficient (Wildman–Crippen LogP) is 2.24. The molecule has 1 aliphatic carbocycles. The van der Waals surface area contributed by atoms with Crippen LogP contribution >= 0.6 is 11.8 Å². The molecular weight excluding hydrogens is 300 g/mol. The van der Waals surface area contributed by atoms with Crippen LogP contribution in [-0.2, 0) is 4.79 Å². The minimum Gasteiger partial charge on any atom is -0.497 e. The summed E-state index contributed by atoms with van der Waals surface area (Å²) in [4.78, 5) is 16.4. The molecule has 0 saturated heterocycles. The van der Waals surface area contributed by atoms with Crippen LogP contribution in [0.4, 0.5) is 0 Å². The van der Waals surface area contributed by atoms with Gasteiger partial charge in [0, 0.05) is 11.6 Å². The van der Waals surface area contributed by atoms with E-state index in [9.17, 15) is 4.79 Å². The molecule has 22 heavy (non-hydrogen) atoms. The molecule has 0 unspecified atom stereocenters. The van der Waals surface area contributed by atoms with Crippen molar-refractivity contribution in [3.05, 3.63) is 24.3 Å². The van der Waals surface area contributed by atoms with Gasteiger partial charge in [-0.3, -0.25) is 9.89 Å². The number of methoxy groups -OCH3 is 1. The third-order valence-electron chi connectivity index (χ3n) is 3.40. The standard InChI is InChI=1S/C15H18N4O2S/c1-9(14(20)16-11-5-6-11)22-15-17-13(18-19-15)10-3-7-12(21-2)8-4-10/h3-4,7-9,11H,5-6H2,1-2H3,(H,16,20)(H,17,18,19)/t9-/m1/s1. The van der Waals surface area contributed by atoms with Crippen LogP contribution in [0.1, 0.15) is 19.8 Å². The lowest BCUT2D eigenvalue weighted by molar-refractivity contribution is -0.120. The highest BCUT2D eigenvalue weighted by molar-refractivity contribution is 8.00. The first-order chi connectivity index (χ1) is 10.7. The van der Waals surface area contributed by atoms with Crippen molar-refractivity contribution in [1.82, 2.24) is 20.5 Å². The number of hydrogen-bond acceptors (Lipinski definition) is 5. The third kappa shape index (κ3) is 3.59. The molecule has 1 aromatic carbocycles. The first kappa shape index (κ1) is 14.9. The van der Waals surface area contributed by atoms with Crippen molar-refractivity contribution in [3.8, 4) is 17.1 Å². The Labute approximate surface area is 133 Å². The van der Waals surface area contributed by atoms with Gasteiger partial charge in [-0.15, -0.1) is 5.10 Å². The first-order valence-corrected chi connectivity index (χ1v) is 8.07. The molecule has 1 fully saturated rings. The smallest absolute Gasteiger partial charge is 0.233 e. The monoisotopic (exact) mass is 318 g/mol. The molecule has 2 aromatic rings. The van der Waals surface area contributed by atoms with E-state index in [2.05, 4.69) is 20.5 Å². The molecule has 2 N–H and O–H groups in total. The van der Waals surface area contributed by atoms with E-state index < -0.39 is 0 Å². The van der Waals surface area contributed by atoms with Crippen LogP contribution in [-0.4, -0.2) is 39.5 Å². The van der Waals surface area contributed by atoms with Crippen LogP contribution in [0.2, 0.25) is 0 Å². The van der Waals surface area contributed by atoms with Crippen molar-refractivity contribution in [3.63, 3.8) is 0 Å². The van der Waals surface area contributed by atoms with Gasteiger partial charge in [-0.2, -0.15) is 0 Å². The highest BCUT2D eigenvalue weighted by Gasteiger charge is 2.26. The first-order valence-electron chi connectivity index (χ1n) is 7.19. The molecule has 0 spiro atoms. The quantitative estimate of drug-likeness (QED) is 0.799. The number of carbonyl (C=O) groups is 1. The number of hydrogen-bond donors (Lipinski definition) is 2. The molecule has 7 heteroatoms. The van der Waals surface area contributed by atoms with E-state index in [0.717, 1.165) is 24.2 Å². The second kappa shape index (κ2) is 6.39. The predicted molar refractivity (Wildman–Crippen MR) is 84.9 cm³/mol. The summed E-state index contributed by atoms with van der Waals surface area (Å²) in [6, 6.07) is 7.94. The van der Waals surface area contributed by atoms with Crippen LogP contribution in [0.5, 0.6) is 5.75 Å². The average Bonchev–Trinajstić information content (AvgIpc) is 3.23. The fourth-order valence-corrected chi connectivity index (χ4v) is 2.67. The van der Waals surface area contributed by atoms with E-state index in [-0.39, 0.29) is 11.2 Å². The second-order valence-electron chi connectivity index (χ2n) is 5.24. The molecular formula is C15H18N4O2S. The van der Waals surface area contributed by atoms with Crippen molar-refractivity contribution >= 4 is 17.7 Å².